The summed E-state index contributed by atoms with van der Waals surface area (Å²) in [6, 6.07) is 16.1. The molecule has 2 heteroatoms. The van der Waals surface area contributed by atoms with E-state index in [1.807, 2.05) is 43.3 Å². The molecule has 0 heterocycles. The number of hydrogen-bond acceptors (Lipinski definition) is 1. The van der Waals surface area contributed by atoms with Gasteiger partial charge in [0.05, 0.1) is 0 Å². The standard InChI is InChI=1S/C20H22O2/c1-3-4-8-16-10-12-17(13-11-16)19(14-20(21)22)18-9-6-5-7-15(18)2/h5-7,9-14H,3-4,8H2,1-2H3,(H,21,22)/b19-14+. The van der Waals surface area contributed by atoms with Crippen molar-refractivity contribution in [2.75, 3.05) is 0 Å². The minimum absolute atomic E-state index is 0.757. The van der Waals surface area contributed by atoms with Crippen LogP contribution >= 0.6 is 0 Å². The van der Waals surface area contributed by atoms with Crippen LogP contribution in [-0.4, -0.2) is 11.1 Å². The number of hydrogen-bond donors (Lipinski definition) is 1. The second-order valence-electron chi connectivity index (χ2n) is 5.51. The van der Waals surface area contributed by atoms with E-state index in [-0.39, 0.29) is 0 Å². The summed E-state index contributed by atoms with van der Waals surface area (Å²) in [5, 5.41) is 9.19. The molecule has 0 aromatic heterocycles. The molecule has 0 unspecified atom stereocenters. The Morgan fingerprint density at radius 2 is 1.77 bits per heavy atom. The quantitative estimate of drug-likeness (QED) is 0.773. The Morgan fingerprint density at radius 1 is 1.09 bits per heavy atom. The summed E-state index contributed by atoms with van der Waals surface area (Å²) in [5.74, 6) is -0.923. The van der Waals surface area contributed by atoms with Crippen molar-refractivity contribution >= 4 is 11.5 Å². The molecule has 0 saturated carbocycles. The monoisotopic (exact) mass is 294 g/mol. The average Bonchev–Trinajstić information content (AvgIpc) is 2.52. The predicted molar refractivity (Wildman–Crippen MR) is 90.9 cm³/mol. The highest BCUT2D eigenvalue weighted by Gasteiger charge is 2.09. The lowest BCUT2D eigenvalue weighted by atomic mass is 9.93. The third-order valence-corrected chi connectivity index (χ3v) is 3.79. The molecule has 22 heavy (non-hydrogen) atoms. The van der Waals surface area contributed by atoms with Crippen molar-refractivity contribution in [2.45, 2.75) is 33.1 Å². The summed E-state index contributed by atoms with van der Waals surface area (Å²) >= 11 is 0. The van der Waals surface area contributed by atoms with Crippen molar-refractivity contribution in [1.82, 2.24) is 0 Å². The van der Waals surface area contributed by atoms with Gasteiger partial charge in [-0.1, -0.05) is 61.9 Å². The van der Waals surface area contributed by atoms with Crippen molar-refractivity contribution in [2.24, 2.45) is 0 Å². The molecule has 2 nitrogen and oxygen atoms in total. The van der Waals surface area contributed by atoms with Crippen LogP contribution in [-0.2, 0) is 11.2 Å². The minimum atomic E-state index is -0.923. The van der Waals surface area contributed by atoms with Crippen LogP contribution in [0.25, 0.3) is 5.57 Å². The van der Waals surface area contributed by atoms with Crippen molar-refractivity contribution in [3.63, 3.8) is 0 Å². The highest BCUT2D eigenvalue weighted by molar-refractivity contribution is 5.95. The van der Waals surface area contributed by atoms with Gasteiger partial charge in [0.2, 0.25) is 0 Å². The first-order valence-corrected chi connectivity index (χ1v) is 7.71. The van der Waals surface area contributed by atoms with Crippen LogP contribution in [0.5, 0.6) is 0 Å². The van der Waals surface area contributed by atoms with Crippen molar-refractivity contribution in [3.8, 4) is 0 Å². The van der Waals surface area contributed by atoms with E-state index in [0.717, 1.165) is 28.7 Å². The van der Waals surface area contributed by atoms with E-state index in [4.69, 9.17) is 0 Å². The van der Waals surface area contributed by atoms with Gasteiger partial charge >= 0.3 is 5.97 Å². The van der Waals surface area contributed by atoms with E-state index in [1.165, 1.54) is 24.5 Å². The summed E-state index contributed by atoms with van der Waals surface area (Å²) in [6.07, 6.45) is 4.71. The van der Waals surface area contributed by atoms with Gasteiger partial charge in [-0.05, 0) is 47.6 Å². The fourth-order valence-electron chi connectivity index (χ4n) is 2.55. The highest BCUT2D eigenvalue weighted by atomic mass is 16.4. The lowest BCUT2D eigenvalue weighted by Crippen LogP contribution is -1.97. The molecule has 0 aliphatic carbocycles. The maximum atomic E-state index is 11.2. The Bertz CT molecular complexity index is 666. The molecule has 0 atom stereocenters. The number of aliphatic carboxylic acids is 1. The molecule has 0 fully saturated rings. The SMILES string of the molecule is CCCCc1ccc(/C(=C\C(=O)O)c2ccccc2C)cc1. The summed E-state index contributed by atoms with van der Waals surface area (Å²) in [4.78, 5) is 11.2. The Labute approximate surface area is 132 Å². The third kappa shape index (κ3) is 4.08. The molecule has 2 aromatic rings. The average molecular weight is 294 g/mol. The van der Waals surface area contributed by atoms with Crippen molar-refractivity contribution in [3.05, 3.63) is 76.9 Å². The normalized spacial score (nSPS) is 11.5. The van der Waals surface area contributed by atoms with Crippen LogP contribution in [0.2, 0.25) is 0 Å². The maximum Gasteiger partial charge on any atom is 0.328 e. The Balaban J connectivity index is 2.39. The van der Waals surface area contributed by atoms with Gasteiger partial charge in [-0.25, -0.2) is 4.79 Å². The molecule has 0 bridgehead atoms. The number of carbonyl (C=O) groups is 1. The molecule has 0 aliphatic rings. The first-order valence-electron chi connectivity index (χ1n) is 7.71. The fourth-order valence-corrected chi connectivity index (χ4v) is 2.55. The zero-order chi connectivity index (χ0) is 15.9. The van der Waals surface area contributed by atoms with E-state index in [1.54, 1.807) is 0 Å². The summed E-state index contributed by atoms with van der Waals surface area (Å²) in [7, 11) is 0. The third-order valence-electron chi connectivity index (χ3n) is 3.79. The molecule has 0 aliphatic heterocycles. The lowest BCUT2D eigenvalue weighted by molar-refractivity contribution is -0.131. The largest absolute Gasteiger partial charge is 0.478 e. The summed E-state index contributed by atoms with van der Waals surface area (Å²) in [5.41, 5.74) is 5.03. The first-order chi connectivity index (χ1) is 10.6. The molecule has 0 spiro atoms. The number of rotatable bonds is 6. The van der Waals surface area contributed by atoms with E-state index in [2.05, 4.69) is 19.1 Å². The van der Waals surface area contributed by atoms with Crippen LogP contribution in [0.4, 0.5) is 0 Å². The first kappa shape index (κ1) is 16.0. The van der Waals surface area contributed by atoms with Gasteiger partial charge in [-0.3, -0.25) is 0 Å². The molecule has 1 N–H and O–H groups in total. The smallest absolute Gasteiger partial charge is 0.328 e. The molecule has 114 valence electrons. The number of benzene rings is 2. The van der Waals surface area contributed by atoms with Gasteiger partial charge in [0, 0.05) is 6.08 Å². The summed E-state index contributed by atoms with van der Waals surface area (Å²) in [6.45, 7) is 4.18. The number of unbranched alkanes of at least 4 members (excludes halogenated alkanes) is 1. The van der Waals surface area contributed by atoms with Gasteiger partial charge in [-0.15, -0.1) is 0 Å². The minimum Gasteiger partial charge on any atom is -0.478 e. The summed E-state index contributed by atoms with van der Waals surface area (Å²) < 4.78 is 0. The van der Waals surface area contributed by atoms with E-state index >= 15 is 0 Å². The maximum absolute atomic E-state index is 11.2. The van der Waals surface area contributed by atoms with Crippen molar-refractivity contribution < 1.29 is 9.90 Å². The molecule has 2 rings (SSSR count). The van der Waals surface area contributed by atoms with Gasteiger partial charge in [0.25, 0.3) is 0 Å². The van der Waals surface area contributed by atoms with Gasteiger partial charge in [0.15, 0.2) is 0 Å². The highest BCUT2D eigenvalue weighted by Crippen LogP contribution is 2.26. The Hall–Kier alpha value is -2.35. The molecule has 0 amide bonds. The van der Waals surface area contributed by atoms with E-state index in [9.17, 15) is 9.90 Å². The molecule has 0 saturated heterocycles. The van der Waals surface area contributed by atoms with Crippen LogP contribution in [0.3, 0.4) is 0 Å². The Morgan fingerprint density at radius 3 is 2.36 bits per heavy atom. The molecule has 0 radical (unpaired) electrons. The topological polar surface area (TPSA) is 37.3 Å². The molecule has 2 aromatic carbocycles. The van der Waals surface area contributed by atoms with Crippen molar-refractivity contribution in [1.29, 1.82) is 0 Å². The van der Waals surface area contributed by atoms with Crippen LogP contribution in [0, 0.1) is 6.92 Å². The Kier molecular flexibility index (Phi) is 5.54. The van der Waals surface area contributed by atoms with E-state index in [0.29, 0.717) is 0 Å². The van der Waals surface area contributed by atoms with Crippen LogP contribution in [0.1, 0.15) is 42.0 Å². The van der Waals surface area contributed by atoms with E-state index < -0.39 is 5.97 Å². The van der Waals surface area contributed by atoms with Crippen LogP contribution < -0.4 is 0 Å². The number of carboxylic acids is 1. The van der Waals surface area contributed by atoms with Gasteiger partial charge < -0.3 is 5.11 Å². The van der Waals surface area contributed by atoms with Crippen LogP contribution in [0.15, 0.2) is 54.6 Å². The fraction of sp³-hybridized carbons (Fsp3) is 0.250. The van der Waals surface area contributed by atoms with Gasteiger partial charge in [0.1, 0.15) is 0 Å². The number of aryl methyl sites for hydroxylation is 2. The lowest BCUT2D eigenvalue weighted by Gasteiger charge is -2.11. The second-order valence-corrected chi connectivity index (χ2v) is 5.51. The predicted octanol–water partition coefficient (Wildman–Crippen LogP) is 4.85. The second kappa shape index (κ2) is 7.60. The zero-order valence-electron chi connectivity index (χ0n) is 13.2. The zero-order valence-corrected chi connectivity index (χ0v) is 13.2. The van der Waals surface area contributed by atoms with Gasteiger partial charge in [-0.2, -0.15) is 0 Å². The molecular formula is C20H22O2. The molecular weight excluding hydrogens is 272 g/mol. The number of carboxylic acid groups (broad SMARTS) is 1.